The lowest BCUT2D eigenvalue weighted by molar-refractivity contribution is -0.299. The van der Waals surface area contributed by atoms with Crippen LogP contribution in [-0.4, -0.2) is 269 Å². The Bertz CT molecular complexity index is 2850. The fourth-order valence-corrected chi connectivity index (χ4v) is 15.6. The van der Waals surface area contributed by atoms with E-state index >= 15 is 0 Å². The number of carbonyl (C=O) groups excluding carboxylic acids is 4. The van der Waals surface area contributed by atoms with Crippen LogP contribution >= 0.6 is 0 Å². The molecule has 0 aromatic heterocycles. The summed E-state index contributed by atoms with van der Waals surface area (Å²) in [5.41, 5.74) is -7.04. The predicted octanol–water partition coefficient (Wildman–Crippen LogP) is 7.49. The Morgan fingerprint density at radius 2 is 0.935 bits per heavy atom. The molecular weight excluding hydrogens is 1390 g/mol. The van der Waals surface area contributed by atoms with Crippen molar-refractivity contribution in [1.29, 1.82) is 0 Å². The smallest absolute Gasteiger partial charge is 0.311 e. The second-order valence-electron chi connectivity index (χ2n) is 33.0. The van der Waals surface area contributed by atoms with Crippen molar-refractivity contribution in [2.24, 2.45) is 35.5 Å². The molecule has 4 aliphatic heterocycles. The van der Waals surface area contributed by atoms with E-state index in [1.807, 2.05) is 77.8 Å². The molecule has 25 heteroatoms. The highest BCUT2D eigenvalue weighted by Gasteiger charge is 2.53. The topological polar surface area (TPSA) is 360 Å². The molecule has 4 rings (SSSR count). The lowest BCUT2D eigenvalue weighted by Gasteiger charge is -2.46. The summed E-state index contributed by atoms with van der Waals surface area (Å²) in [6.07, 6.45) is 18.2. The van der Waals surface area contributed by atoms with Crippen molar-refractivity contribution in [1.82, 2.24) is 25.3 Å². The molecule has 4 heterocycles. The Balaban J connectivity index is 0.000000640. The first-order valence-corrected chi connectivity index (χ1v) is 39.9. The van der Waals surface area contributed by atoms with Crippen LogP contribution in [0.5, 0.6) is 0 Å². The maximum Gasteiger partial charge on any atom is 0.311 e. The number of hydrogen-bond donors (Lipinski definition) is 12. The standard InChI is InChI=1S/C54H91N3O11.C29H56N2O9/c1-13-15-16-17-18-19-20-21-22-23-24-25-26-27-28-29-30-31-32-33-45(58)55-41(7)50(62)57-36-37(3)35-53(9,64)49(68-52-47(60)43(56(11)12)34-38(4)66-52)39(5)46(59)40(6)51(63)67-44(14-2)54(10,65)48(61)42(57)8;1-11-21-29(8,37)24(34)19(6)30-14-15(2)13-28(7,36)25(17(4)22(32)18(5)26(35)39-21)40-27-23(33)20(31(9)10)12-16(3)38-27/h15-16,18-19,21-22,24-25,27-28,30-31,37-44,46-49,52,59-61,64-65H,13-14,17,20,23,26,29,32-36H2,1-12H3,(H,55,58);15-25,27,30,32-34,36-37H,11-14H2,1-10H3/b16-15-,19-18-,22-21-,25-24-,28-27-,31-30-;/t37-,38-,39+,40-,41+,42-,43+,44-,46+,47-,48-,49-,52?,53-,54-;15-,16-,17+,18-,19-,20+,21-,22+,23-,24-,25-,27+,28-,29-/m11/s1. The SMILES string of the molecule is CC/C=C\C/C=C\C/C=C\C/C=C\C/C=C\C/C=C\CCC(=O)N[C@@H](C)C(=O)N1C[C@H](C)C[C@@](C)(O)[C@H](OC2O[C@H](C)C[C@H](N(C)C)[C@H]2O)[C@@H](C)[C@H](O)[C@@H](C)C(=O)O[C@H](CC)[C@@](C)(O)[C@H](O)[C@H]1C.CC[C@H]1OC(=O)[C@H](C)[C@@H](O)[C@H](C)[C@@H](O[C@@H]2O[C@H](C)C[C@H](N(C)C)[C@H]2O)[C@](C)(O)C[C@@H](C)CN[C@H](C)[C@@H](O)[C@]1(C)O. The number of carbonyl (C=O) groups is 4. The molecule has 0 bridgehead atoms. The number of aliphatic hydroxyl groups excluding tert-OH is 6. The number of hydrogen-bond acceptors (Lipinski definition) is 23. The molecule has 29 atom stereocenters. The summed E-state index contributed by atoms with van der Waals surface area (Å²) in [6.45, 7) is 30.6. The van der Waals surface area contributed by atoms with Crippen LogP contribution in [0, 0.1) is 35.5 Å². The van der Waals surface area contributed by atoms with Gasteiger partial charge in [0.2, 0.25) is 11.8 Å². The van der Waals surface area contributed by atoms with E-state index in [0.717, 1.165) is 38.5 Å². The number of cyclic esters (lactones) is 2. The Hall–Kier alpha value is -4.36. The van der Waals surface area contributed by atoms with Gasteiger partial charge in [0, 0.05) is 42.9 Å². The molecule has 624 valence electrons. The fraction of sp³-hybridized carbons (Fsp3) is 0.807. The van der Waals surface area contributed by atoms with E-state index in [4.69, 9.17) is 28.4 Å². The van der Waals surface area contributed by atoms with Crippen LogP contribution < -0.4 is 10.6 Å². The molecule has 0 radical (unpaired) electrons. The third-order valence-corrected chi connectivity index (χ3v) is 22.3. The van der Waals surface area contributed by atoms with Crippen molar-refractivity contribution >= 4 is 23.8 Å². The van der Waals surface area contributed by atoms with Gasteiger partial charge in [-0.25, -0.2) is 0 Å². The number of aliphatic hydroxyl groups is 10. The molecule has 0 aromatic carbocycles. The Labute approximate surface area is 647 Å². The molecule has 0 aliphatic carbocycles. The number of nitrogens with one attached hydrogen (secondary N) is 2. The van der Waals surface area contributed by atoms with Gasteiger partial charge in [-0.15, -0.1) is 0 Å². The zero-order valence-corrected chi connectivity index (χ0v) is 69.6. The molecule has 4 saturated heterocycles. The minimum absolute atomic E-state index is 0.00367. The van der Waals surface area contributed by atoms with Gasteiger partial charge >= 0.3 is 11.9 Å². The first-order chi connectivity index (χ1) is 50.4. The number of likely N-dealkylation sites (N-methyl/N-ethyl adjacent to an activating group) is 2. The number of esters is 2. The van der Waals surface area contributed by atoms with Crippen molar-refractivity contribution < 1.29 is 98.7 Å². The number of ether oxygens (including phenoxy) is 6. The minimum Gasteiger partial charge on any atom is -0.459 e. The largest absolute Gasteiger partial charge is 0.459 e. The van der Waals surface area contributed by atoms with Crippen LogP contribution in [0.3, 0.4) is 0 Å². The second-order valence-corrected chi connectivity index (χ2v) is 33.0. The van der Waals surface area contributed by atoms with Crippen molar-refractivity contribution in [2.75, 3.05) is 41.3 Å². The van der Waals surface area contributed by atoms with E-state index in [2.05, 4.69) is 78.3 Å². The average molecular weight is 1540 g/mol. The molecule has 0 saturated carbocycles. The lowest BCUT2D eigenvalue weighted by atomic mass is 9.78. The normalized spacial score (nSPS) is 39.9. The maximum atomic E-state index is 14.4. The molecule has 25 nitrogen and oxygen atoms in total. The summed E-state index contributed by atoms with van der Waals surface area (Å²) in [6, 6.07) is -3.19. The summed E-state index contributed by atoms with van der Waals surface area (Å²) < 4.78 is 36.4. The summed E-state index contributed by atoms with van der Waals surface area (Å²) >= 11 is 0. The van der Waals surface area contributed by atoms with Crippen LogP contribution in [0.2, 0.25) is 0 Å². The van der Waals surface area contributed by atoms with Crippen molar-refractivity contribution in [3.8, 4) is 0 Å². The van der Waals surface area contributed by atoms with Gasteiger partial charge in [0.05, 0.1) is 65.7 Å². The summed E-state index contributed by atoms with van der Waals surface area (Å²) in [5.74, 6) is -6.96. The zero-order valence-electron chi connectivity index (χ0n) is 69.6. The van der Waals surface area contributed by atoms with Gasteiger partial charge in [-0.2, -0.15) is 0 Å². The monoisotopic (exact) mass is 1530 g/mol. The third kappa shape index (κ3) is 29.2. The highest BCUT2D eigenvalue weighted by Crippen LogP contribution is 2.40. The number of allylic oxidation sites excluding steroid dienone is 12. The van der Waals surface area contributed by atoms with Gasteiger partial charge in [-0.1, -0.05) is 121 Å². The third-order valence-electron chi connectivity index (χ3n) is 22.3. The summed E-state index contributed by atoms with van der Waals surface area (Å²) in [4.78, 5) is 59.7. The van der Waals surface area contributed by atoms with E-state index in [1.165, 1.54) is 32.6 Å². The summed E-state index contributed by atoms with van der Waals surface area (Å²) in [7, 11) is 7.43. The lowest BCUT2D eigenvalue weighted by Crippen LogP contribution is -2.62. The van der Waals surface area contributed by atoms with Crippen molar-refractivity contribution in [2.45, 2.75) is 353 Å². The Morgan fingerprint density at radius 3 is 1.31 bits per heavy atom. The van der Waals surface area contributed by atoms with Gasteiger partial charge < -0.3 is 105 Å². The fourth-order valence-electron chi connectivity index (χ4n) is 15.6. The number of rotatable bonds is 24. The van der Waals surface area contributed by atoms with Crippen LogP contribution in [0.4, 0.5) is 0 Å². The van der Waals surface area contributed by atoms with E-state index < -0.39 is 162 Å². The highest BCUT2D eigenvalue weighted by atomic mass is 16.7. The van der Waals surface area contributed by atoms with Gasteiger partial charge in [0.1, 0.15) is 53.9 Å². The molecule has 0 spiro atoms. The molecule has 1 unspecified atom stereocenters. The molecule has 2 amide bonds. The maximum absolute atomic E-state index is 14.4. The van der Waals surface area contributed by atoms with E-state index in [-0.39, 0.29) is 74.8 Å². The van der Waals surface area contributed by atoms with E-state index in [9.17, 15) is 70.2 Å². The van der Waals surface area contributed by atoms with Crippen molar-refractivity contribution in [3.63, 3.8) is 0 Å². The molecule has 4 fully saturated rings. The highest BCUT2D eigenvalue weighted by molar-refractivity contribution is 5.87. The van der Waals surface area contributed by atoms with Crippen LogP contribution in [0.1, 0.15) is 215 Å². The molecule has 4 aliphatic rings. The molecular formula is C83H147N5O20. The van der Waals surface area contributed by atoms with Crippen molar-refractivity contribution in [3.05, 3.63) is 72.9 Å². The number of amides is 2. The summed E-state index contributed by atoms with van der Waals surface area (Å²) in [5, 5.41) is 122. The van der Waals surface area contributed by atoms with Gasteiger partial charge in [-0.05, 0) is 206 Å². The zero-order chi connectivity index (χ0) is 81.9. The first-order valence-electron chi connectivity index (χ1n) is 39.9. The molecule has 12 N–H and O–H groups in total. The van der Waals surface area contributed by atoms with Crippen LogP contribution in [0.25, 0.3) is 0 Å². The molecule has 108 heavy (non-hydrogen) atoms. The average Bonchev–Trinajstić information content (AvgIpc) is 1.33. The second kappa shape index (κ2) is 46.1. The van der Waals surface area contributed by atoms with E-state index in [0.29, 0.717) is 25.8 Å². The molecule has 0 aromatic rings. The Morgan fingerprint density at radius 1 is 0.565 bits per heavy atom. The van der Waals surface area contributed by atoms with Gasteiger partial charge in [-0.3, -0.25) is 19.2 Å². The van der Waals surface area contributed by atoms with E-state index in [1.54, 1.807) is 62.3 Å². The van der Waals surface area contributed by atoms with Crippen LogP contribution in [-0.2, 0) is 47.6 Å². The quantitative estimate of drug-likeness (QED) is 0.0329. The van der Waals surface area contributed by atoms with Gasteiger partial charge in [0.15, 0.2) is 12.6 Å². The predicted molar refractivity (Wildman–Crippen MR) is 419 cm³/mol. The number of nitrogens with zero attached hydrogens (tertiary/aromatic N) is 3. The van der Waals surface area contributed by atoms with Crippen LogP contribution in [0.15, 0.2) is 72.9 Å². The first kappa shape index (κ1) is 97.8. The van der Waals surface area contributed by atoms with Gasteiger partial charge in [0.25, 0.3) is 0 Å². The minimum atomic E-state index is -2.06. The Kier molecular flexibility index (Phi) is 41.8.